The number of hydrogen-bond donors (Lipinski definition) is 1. The lowest BCUT2D eigenvalue weighted by Crippen LogP contribution is -2.66. The lowest BCUT2D eigenvalue weighted by atomic mass is 10.1. The average molecular weight is 316 g/mol. The molecule has 1 atom stereocenters. The van der Waals surface area contributed by atoms with Crippen LogP contribution in [0.15, 0.2) is 30.3 Å². The SMILES string of the molecule is CN(Cc1ccccc1)C(=O)N1CCN2C(=O)C(=O)NC[C@@H]2C1. The number of urea groups is 1. The molecule has 23 heavy (non-hydrogen) atoms. The monoisotopic (exact) mass is 316 g/mol. The number of carbonyl (C=O) groups excluding carboxylic acids is 3. The third kappa shape index (κ3) is 3.13. The molecule has 0 saturated carbocycles. The van der Waals surface area contributed by atoms with Crippen molar-refractivity contribution in [2.45, 2.75) is 12.6 Å². The van der Waals surface area contributed by atoms with Crippen LogP contribution in [0.3, 0.4) is 0 Å². The summed E-state index contributed by atoms with van der Waals surface area (Å²) in [6.07, 6.45) is 0. The number of nitrogens with one attached hydrogen (secondary N) is 1. The Bertz CT molecular complexity index is 619. The van der Waals surface area contributed by atoms with Crippen molar-refractivity contribution in [3.05, 3.63) is 35.9 Å². The predicted molar refractivity (Wildman–Crippen MR) is 83.4 cm³/mol. The number of fused-ring (bicyclic) bond motifs is 1. The van der Waals surface area contributed by atoms with Crippen LogP contribution in [0.5, 0.6) is 0 Å². The summed E-state index contributed by atoms with van der Waals surface area (Å²) in [6, 6.07) is 9.61. The van der Waals surface area contributed by atoms with Crippen LogP contribution in [-0.4, -0.2) is 71.8 Å². The van der Waals surface area contributed by atoms with Crippen LogP contribution in [0.2, 0.25) is 0 Å². The molecular weight excluding hydrogens is 296 g/mol. The summed E-state index contributed by atoms with van der Waals surface area (Å²) in [7, 11) is 1.77. The van der Waals surface area contributed by atoms with Crippen LogP contribution < -0.4 is 5.32 Å². The molecule has 0 radical (unpaired) electrons. The number of piperazine rings is 2. The third-order valence-corrected chi connectivity index (χ3v) is 4.30. The molecule has 4 amide bonds. The van der Waals surface area contributed by atoms with Gasteiger partial charge in [0.25, 0.3) is 0 Å². The van der Waals surface area contributed by atoms with Gasteiger partial charge < -0.3 is 20.0 Å². The van der Waals surface area contributed by atoms with Crippen LogP contribution in [0.25, 0.3) is 0 Å². The molecule has 7 nitrogen and oxygen atoms in total. The molecule has 122 valence electrons. The summed E-state index contributed by atoms with van der Waals surface area (Å²) in [6.45, 7) is 2.25. The molecule has 1 N–H and O–H groups in total. The first-order valence-electron chi connectivity index (χ1n) is 7.69. The smallest absolute Gasteiger partial charge is 0.320 e. The predicted octanol–water partition coefficient (Wildman–Crippen LogP) is -0.119. The molecule has 2 fully saturated rings. The summed E-state index contributed by atoms with van der Waals surface area (Å²) in [4.78, 5) is 40.8. The van der Waals surface area contributed by atoms with E-state index in [-0.39, 0.29) is 12.1 Å². The van der Waals surface area contributed by atoms with Gasteiger partial charge in [0, 0.05) is 39.8 Å². The first-order valence-corrected chi connectivity index (χ1v) is 7.69. The fraction of sp³-hybridized carbons (Fsp3) is 0.438. The van der Waals surface area contributed by atoms with Gasteiger partial charge >= 0.3 is 17.8 Å². The Morgan fingerprint density at radius 2 is 2.00 bits per heavy atom. The summed E-state index contributed by atoms with van der Waals surface area (Å²) in [5.74, 6) is -1.05. The number of amides is 4. The molecule has 1 aromatic rings. The highest BCUT2D eigenvalue weighted by Gasteiger charge is 2.39. The minimum Gasteiger partial charge on any atom is -0.346 e. The standard InChI is InChI=1S/C16H20N4O3/c1-18(10-12-5-3-2-4-6-12)16(23)19-7-8-20-13(11-19)9-17-14(21)15(20)22/h2-6,13H,7-11H2,1H3,(H,17,21)/t13-/m1/s1. The summed E-state index contributed by atoms with van der Waals surface area (Å²) >= 11 is 0. The minimum absolute atomic E-state index is 0.0575. The maximum absolute atomic E-state index is 12.6. The van der Waals surface area contributed by atoms with E-state index in [0.29, 0.717) is 32.7 Å². The Hall–Kier alpha value is -2.57. The van der Waals surface area contributed by atoms with Crippen LogP contribution in [-0.2, 0) is 16.1 Å². The van der Waals surface area contributed by atoms with Crippen molar-refractivity contribution < 1.29 is 14.4 Å². The number of benzene rings is 1. The van der Waals surface area contributed by atoms with E-state index >= 15 is 0 Å². The van der Waals surface area contributed by atoms with Gasteiger partial charge in [0.1, 0.15) is 0 Å². The Labute approximate surface area is 134 Å². The highest BCUT2D eigenvalue weighted by molar-refractivity contribution is 6.35. The van der Waals surface area contributed by atoms with Crippen molar-refractivity contribution in [1.82, 2.24) is 20.0 Å². The fourth-order valence-corrected chi connectivity index (χ4v) is 3.05. The van der Waals surface area contributed by atoms with Crippen molar-refractivity contribution >= 4 is 17.8 Å². The molecule has 2 saturated heterocycles. The van der Waals surface area contributed by atoms with Gasteiger partial charge in [0.15, 0.2) is 0 Å². The van der Waals surface area contributed by atoms with Crippen molar-refractivity contribution in [2.75, 3.05) is 33.2 Å². The highest BCUT2D eigenvalue weighted by atomic mass is 16.2. The number of rotatable bonds is 2. The molecular formula is C16H20N4O3. The molecule has 2 aliphatic rings. The van der Waals surface area contributed by atoms with E-state index in [2.05, 4.69) is 5.32 Å². The summed E-state index contributed by atoms with van der Waals surface area (Å²) in [5, 5.41) is 2.58. The third-order valence-electron chi connectivity index (χ3n) is 4.30. The summed E-state index contributed by atoms with van der Waals surface area (Å²) in [5.41, 5.74) is 1.07. The first-order chi connectivity index (χ1) is 11.1. The lowest BCUT2D eigenvalue weighted by Gasteiger charge is -2.44. The Balaban J connectivity index is 1.61. The Morgan fingerprint density at radius 1 is 1.26 bits per heavy atom. The van der Waals surface area contributed by atoms with E-state index in [0.717, 1.165) is 5.56 Å². The van der Waals surface area contributed by atoms with Gasteiger partial charge in [-0.1, -0.05) is 30.3 Å². The van der Waals surface area contributed by atoms with Crippen molar-refractivity contribution in [3.63, 3.8) is 0 Å². The Kier molecular flexibility index (Phi) is 4.18. The fourth-order valence-electron chi connectivity index (χ4n) is 3.05. The largest absolute Gasteiger partial charge is 0.346 e. The topological polar surface area (TPSA) is 73.0 Å². The molecule has 0 unspecified atom stereocenters. The maximum atomic E-state index is 12.6. The molecule has 0 bridgehead atoms. The van der Waals surface area contributed by atoms with Gasteiger partial charge in [0.2, 0.25) is 0 Å². The molecule has 2 aliphatic heterocycles. The molecule has 2 heterocycles. The number of hydrogen-bond acceptors (Lipinski definition) is 3. The maximum Gasteiger partial charge on any atom is 0.320 e. The zero-order chi connectivity index (χ0) is 16.4. The van der Waals surface area contributed by atoms with Crippen molar-refractivity contribution in [2.24, 2.45) is 0 Å². The van der Waals surface area contributed by atoms with Gasteiger partial charge in [-0.3, -0.25) is 9.59 Å². The van der Waals surface area contributed by atoms with Gasteiger partial charge in [0.05, 0.1) is 6.04 Å². The van der Waals surface area contributed by atoms with Gasteiger partial charge in [-0.05, 0) is 5.56 Å². The number of nitrogens with zero attached hydrogens (tertiary/aromatic N) is 3. The van der Waals surface area contributed by atoms with E-state index in [4.69, 9.17) is 0 Å². The van der Waals surface area contributed by atoms with Crippen LogP contribution in [0.1, 0.15) is 5.56 Å². The molecule has 7 heteroatoms. The molecule has 0 aliphatic carbocycles. The van der Waals surface area contributed by atoms with E-state index in [9.17, 15) is 14.4 Å². The molecule has 0 aromatic heterocycles. The average Bonchev–Trinajstić information content (AvgIpc) is 2.58. The minimum atomic E-state index is -0.553. The first kappa shape index (κ1) is 15.3. The van der Waals surface area contributed by atoms with E-state index < -0.39 is 11.8 Å². The highest BCUT2D eigenvalue weighted by Crippen LogP contribution is 2.15. The number of carbonyl (C=O) groups is 3. The van der Waals surface area contributed by atoms with E-state index in [1.54, 1.807) is 21.7 Å². The van der Waals surface area contributed by atoms with E-state index in [1.807, 2.05) is 30.3 Å². The second-order valence-corrected chi connectivity index (χ2v) is 5.93. The summed E-state index contributed by atoms with van der Waals surface area (Å²) < 4.78 is 0. The van der Waals surface area contributed by atoms with Crippen molar-refractivity contribution in [1.29, 1.82) is 0 Å². The zero-order valence-electron chi connectivity index (χ0n) is 13.1. The molecule has 0 spiro atoms. The second kappa shape index (κ2) is 6.28. The quantitative estimate of drug-likeness (QED) is 0.773. The van der Waals surface area contributed by atoms with Crippen LogP contribution in [0, 0.1) is 0 Å². The van der Waals surface area contributed by atoms with E-state index in [1.165, 1.54) is 0 Å². The van der Waals surface area contributed by atoms with Gasteiger partial charge in [-0.25, -0.2) is 4.79 Å². The van der Waals surface area contributed by atoms with Crippen LogP contribution in [0.4, 0.5) is 4.79 Å². The zero-order valence-corrected chi connectivity index (χ0v) is 13.1. The van der Waals surface area contributed by atoms with Gasteiger partial charge in [-0.2, -0.15) is 0 Å². The normalized spacial score (nSPS) is 20.8. The van der Waals surface area contributed by atoms with Gasteiger partial charge in [-0.15, -0.1) is 0 Å². The second-order valence-electron chi connectivity index (χ2n) is 5.93. The van der Waals surface area contributed by atoms with Crippen molar-refractivity contribution in [3.8, 4) is 0 Å². The molecule has 1 aromatic carbocycles. The Morgan fingerprint density at radius 3 is 2.74 bits per heavy atom. The lowest BCUT2D eigenvalue weighted by molar-refractivity contribution is -0.152. The van der Waals surface area contributed by atoms with Crippen LogP contribution >= 0.6 is 0 Å². The molecule has 3 rings (SSSR count).